The van der Waals surface area contributed by atoms with Gasteiger partial charge in [-0.25, -0.2) is 19.7 Å². The van der Waals surface area contributed by atoms with E-state index in [9.17, 15) is 4.79 Å². The van der Waals surface area contributed by atoms with Crippen molar-refractivity contribution in [1.82, 2.24) is 25.2 Å². The topological polar surface area (TPSA) is 83.0 Å². The van der Waals surface area contributed by atoms with Crippen molar-refractivity contribution in [3.63, 3.8) is 0 Å². The molecule has 0 bridgehead atoms. The molecule has 4 rings (SSSR count). The second-order valence-electron chi connectivity index (χ2n) is 7.10. The molecule has 0 spiro atoms. The number of aryl methyl sites for hydroxylation is 1. The number of amides is 2. The van der Waals surface area contributed by atoms with Crippen molar-refractivity contribution < 1.29 is 4.79 Å². The Bertz CT molecular complexity index is 1090. The fraction of sp³-hybridized carbons (Fsp3) is 0.300. The fourth-order valence-electron chi connectivity index (χ4n) is 3.19. The first-order valence-electron chi connectivity index (χ1n) is 9.43. The summed E-state index contributed by atoms with van der Waals surface area (Å²) in [6, 6.07) is 5.00. The number of urea groups is 1. The van der Waals surface area contributed by atoms with Gasteiger partial charge >= 0.3 is 6.03 Å². The molecule has 1 aliphatic heterocycles. The van der Waals surface area contributed by atoms with Gasteiger partial charge in [-0.2, -0.15) is 0 Å². The minimum absolute atomic E-state index is 0.150. The Morgan fingerprint density at radius 3 is 2.83 bits per heavy atom. The average molecular weight is 463 g/mol. The molecule has 0 saturated heterocycles. The summed E-state index contributed by atoms with van der Waals surface area (Å²) in [6.45, 7) is 4.87. The fourth-order valence-corrected chi connectivity index (χ4v) is 4.17. The largest absolute Gasteiger partial charge is 0.331 e. The molecule has 1 aliphatic rings. The third-order valence-corrected chi connectivity index (χ3v) is 6.47. The van der Waals surface area contributed by atoms with E-state index in [4.69, 9.17) is 23.2 Å². The number of rotatable bonds is 4. The predicted octanol–water partition coefficient (Wildman–Crippen LogP) is 5.12. The zero-order chi connectivity index (χ0) is 21.3. The summed E-state index contributed by atoms with van der Waals surface area (Å²) in [7, 11) is 0. The zero-order valence-corrected chi connectivity index (χ0v) is 18.8. The highest BCUT2D eigenvalue weighted by atomic mass is 35.5. The number of anilines is 2. The maximum atomic E-state index is 12.8. The number of aromatic nitrogens is 3. The third-order valence-electron chi connectivity index (χ3n) is 4.85. The number of thiazole rings is 1. The van der Waals surface area contributed by atoms with Gasteiger partial charge in [-0.15, -0.1) is 11.3 Å². The summed E-state index contributed by atoms with van der Waals surface area (Å²) >= 11 is 13.6. The van der Waals surface area contributed by atoms with Crippen LogP contribution in [-0.2, 0) is 13.0 Å². The van der Waals surface area contributed by atoms with E-state index in [0.29, 0.717) is 35.5 Å². The molecule has 0 aliphatic carbocycles. The molecule has 3 aromatic rings. The van der Waals surface area contributed by atoms with Crippen LogP contribution < -0.4 is 10.6 Å². The van der Waals surface area contributed by atoms with E-state index in [2.05, 4.69) is 25.6 Å². The average Bonchev–Trinajstić information content (AvgIpc) is 3.13. The van der Waals surface area contributed by atoms with Gasteiger partial charge in [0.2, 0.25) is 5.95 Å². The quantitative estimate of drug-likeness (QED) is 0.561. The van der Waals surface area contributed by atoms with Crippen molar-refractivity contribution in [2.24, 2.45) is 0 Å². The summed E-state index contributed by atoms with van der Waals surface area (Å²) in [4.78, 5) is 27.9. The van der Waals surface area contributed by atoms with Gasteiger partial charge in [0.1, 0.15) is 0 Å². The number of fused-ring (bicyclic) bond motifs is 1. The molecule has 30 heavy (non-hydrogen) atoms. The molecule has 10 heteroatoms. The summed E-state index contributed by atoms with van der Waals surface area (Å²) in [5, 5.41) is 9.80. The van der Waals surface area contributed by atoms with Gasteiger partial charge in [-0.3, -0.25) is 0 Å². The van der Waals surface area contributed by atoms with Crippen LogP contribution in [0.2, 0.25) is 10.0 Å². The lowest BCUT2D eigenvalue weighted by Gasteiger charge is -2.29. The zero-order valence-electron chi connectivity index (χ0n) is 16.4. The van der Waals surface area contributed by atoms with Crippen molar-refractivity contribution in [3.8, 4) is 0 Å². The smallest absolute Gasteiger partial charge is 0.318 e. The molecular formula is C20H20Cl2N6OS. The van der Waals surface area contributed by atoms with Gasteiger partial charge in [0, 0.05) is 18.1 Å². The maximum absolute atomic E-state index is 12.8. The van der Waals surface area contributed by atoms with Gasteiger partial charge < -0.3 is 15.5 Å². The molecule has 0 saturated carbocycles. The molecule has 1 atom stereocenters. The van der Waals surface area contributed by atoms with Crippen molar-refractivity contribution in [2.75, 3.05) is 11.9 Å². The van der Waals surface area contributed by atoms with Crippen LogP contribution in [0.3, 0.4) is 0 Å². The summed E-state index contributed by atoms with van der Waals surface area (Å²) in [5.41, 5.74) is 3.73. The Balaban J connectivity index is 1.42. The number of halogens is 2. The Labute approximate surface area is 188 Å². The highest BCUT2D eigenvalue weighted by Gasteiger charge is 2.24. The third kappa shape index (κ3) is 4.66. The van der Waals surface area contributed by atoms with Crippen LogP contribution in [0, 0.1) is 6.92 Å². The Hall–Kier alpha value is -2.42. The number of nitrogens with one attached hydrogen (secondary N) is 2. The molecule has 3 heterocycles. The van der Waals surface area contributed by atoms with E-state index in [1.807, 2.05) is 31.5 Å². The maximum Gasteiger partial charge on any atom is 0.318 e. The van der Waals surface area contributed by atoms with Gasteiger partial charge in [-0.1, -0.05) is 29.3 Å². The van der Waals surface area contributed by atoms with Gasteiger partial charge in [0.05, 0.1) is 34.0 Å². The monoisotopic (exact) mass is 462 g/mol. The van der Waals surface area contributed by atoms with Gasteiger partial charge in [-0.05, 0) is 43.5 Å². The van der Waals surface area contributed by atoms with E-state index in [0.717, 1.165) is 27.6 Å². The number of benzene rings is 1. The van der Waals surface area contributed by atoms with Crippen LogP contribution in [0.25, 0.3) is 0 Å². The first-order chi connectivity index (χ1) is 14.4. The van der Waals surface area contributed by atoms with Crippen LogP contribution in [0.1, 0.15) is 35.5 Å². The van der Waals surface area contributed by atoms with Crippen LogP contribution in [0.5, 0.6) is 0 Å². The van der Waals surface area contributed by atoms with Crippen LogP contribution in [-0.4, -0.2) is 32.4 Å². The number of hydrogen-bond donors (Lipinski definition) is 2. The molecule has 7 nitrogen and oxygen atoms in total. The molecule has 0 radical (unpaired) electrons. The Kier molecular flexibility index (Phi) is 6.08. The highest BCUT2D eigenvalue weighted by molar-refractivity contribution is 7.13. The van der Waals surface area contributed by atoms with Crippen molar-refractivity contribution in [2.45, 2.75) is 32.9 Å². The van der Waals surface area contributed by atoms with Crippen molar-refractivity contribution in [1.29, 1.82) is 0 Å². The number of carbonyl (C=O) groups is 1. The number of hydrogen-bond acceptors (Lipinski definition) is 6. The standard InChI is InChI=1S/C20H20Cl2N6OS/c1-11-10-30-19(24-11)27-18-23-8-14-5-6-28(9-17(14)26-18)20(29)25-12(2)13-3-4-15(21)16(22)7-13/h3-4,7-8,10,12H,5-6,9H2,1-2H3,(H,25,29)(H,23,24,26,27)/t12-/m1/s1. The van der Waals surface area contributed by atoms with Crippen LogP contribution >= 0.6 is 34.5 Å². The lowest BCUT2D eigenvalue weighted by molar-refractivity contribution is 0.188. The first kappa shape index (κ1) is 20.8. The molecule has 2 aromatic heterocycles. The van der Waals surface area contributed by atoms with Crippen LogP contribution in [0.4, 0.5) is 15.9 Å². The normalized spacial score (nSPS) is 14.2. The van der Waals surface area contributed by atoms with Crippen LogP contribution in [0.15, 0.2) is 29.8 Å². The molecule has 2 amide bonds. The Morgan fingerprint density at radius 2 is 2.10 bits per heavy atom. The lowest BCUT2D eigenvalue weighted by Crippen LogP contribution is -2.43. The number of nitrogens with zero attached hydrogens (tertiary/aromatic N) is 4. The molecule has 2 N–H and O–H groups in total. The van der Waals surface area contributed by atoms with Gasteiger partial charge in [0.25, 0.3) is 0 Å². The molecule has 1 aromatic carbocycles. The van der Waals surface area contributed by atoms with E-state index < -0.39 is 0 Å². The first-order valence-corrected chi connectivity index (χ1v) is 11.1. The second-order valence-corrected chi connectivity index (χ2v) is 8.77. The van der Waals surface area contributed by atoms with Crippen molar-refractivity contribution in [3.05, 3.63) is 62.3 Å². The van der Waals surface area contributed by atoms with Gasteiger partial charge in [0.15, 0.2) is 5.13 Å². The minimum Gasteiger partial charge on any atom is -0.331 e. The lowest BCUT2D eigenvalue weighted by atomic mass is 10.1. The predicted molar refractivity (Wildman–Crippen MR) is 120 cm³/mol. The molecule has 0 unspecified atom stereocenters. The number of carbonyl (C=O) groups excluding carboxylic acids is 1. The van der Waals surface area contributed by atoms with E-state index >= 15 is 0 Å². The minimum atomic E-state index is -0.204. The molecule has 0 fully saturated rings. The molecule has 156 valence electrons. The van der Waals surface area contributed by atoms with E-state index in [-0.39, 0.29) is 12.1 Å². The van der Waals surface area contributed by atoms with E-state index in [1.165, 1.54) is 11.3 Å². The summed E-state index contributed by atoms with van der Waals surface area (Å²) < 4.78 is 0. The summed E-state index contributed by atoms with van der Waals surface area (Å²) in [6.07, 6.45) is 2.53. The SMILES string of the molecule is Cc1csc(Nc2ncc3c(n2)CN(C(=O)N[C@H](C)c2ccc(Cl)c(Cl)c2)CC3)n1. The summed E-state index contributed by atoms with van der Waals surface area (Å²) in [5.74, 6) is 0.481. The van der Waals surface area contributed by atoms with E-state index in [1.54, 1.807) is 17.0 Å². The Morgan fingerprint density at radius 1 is 1.27 bits per heavy atom. The molecular weight excluding hydrogens is 443 g/mol. The van der Waals surface area contributed by atoms with Crippen molar-refractivity contribution >= 4 is 51.6 Å². The highest BCUT2D eigenvalue weighted by Crippen LogP contribution is 2.26. The second kappa shape index (κ2) is 8.75.